The molecular weight excluding hydrogens is 402 g/mol. The molecule has 156 valence electrons. The third-order valence-electron chi connectivity index (χ3n) is 4.93. The first-order valence-corrected chi connectivity index (χ1v) is 9.16. The second kappa shape index (κ2) is 7.77. The number of nitrogens with zero attached hydrogens (tertiary/aromatic N) is 3. The van der Waals surface area contributed by atoms with Gasteiger partial charge in [0.15, 0.2) is 6.04 Å². The number of rotatable bonds is 4. The minimum Gasteiger partial charge on any atom is -0.363 e. The lowest BCUT2D eigenvalue weighted by molar-refractivity contribution is -0.173. The molecule has 0 spiro atoms. The molecule has 1 amide bonds. The average Bonchev–Trinajstić information content (AvgIpc) is 3.16. The normalized spacial score (nSPS) is 18.4. The molecule has 3 heterocycles. The highest BCUT2D eigenvalue weighted by atomic mass is 19.4. The van der Waals surface area contributed by atoms with E-state index in [0.29, 0.717) is 5.56 Å². The van der Waals surface area contributed by atoms with Gasteiger partial charge in [-0.05, 0) is 29.3 Å². The van der Waals surface area contributed by atoms with E-state index in [1.54, 1.807) is 24.5 Å². The number of hydrogen-bond acceptors (Lipinski definition) is 4. The van der Waals surface area contributed by atoms with Gasteiger partial charge in [-0.25, -0.2) is 9.07 Å². The SMILES string of the molecule is O=C(NCc1cccnc1)c1cnn2c1NC(c1ccc(F)cc1)CC2C(F)(F)F. The first-order valence-electron chi connectivity index (χ1n) is 9.16. The molecule has 0 aliphatic carbocycles. The Hall–Kier alpha value is -3.43. The van der Waals surface area contributed by atoms with Crippen LogP contribution in [0.4, 0.5) is 23.4 Å². The average molecular weight is 419 g/mol. The summed E-state index contributed by atoms with van der Waals surface area (Å²) in [6.45, 7) is 0.168. The van der Waals surface area contributed by atoms with Crippen molar-refractivity contribution in [1.29, 1.82) is 0 Å². The van der Waals surface area contributed by atoms with Gasteiger partial charge < -0.3 is 10.6 Å². The monoisotopic (exact) mass is 419 g/mol. The number of nitrogens with one attached hydrogen (secondary N) is 2. The maximum atomic E-state index is 13.7. The van der Waals surface area contributed by atoms with Crippen LogP contribution in [0.2, 0.25) is 0 Å². The maximum Gasteiger partial charge on any atom is 0.410 e. The molecule has 1 aliphatic rings. The maximum absolute atomic E-state index is 13.7. The predicted octanol–water partition coefficient (Wildman–Crippen LogP) is 4.01. The van der Waals surface area contributed by atoms with Crippen molar-refractivity contribution in [3.05, 3.63) is 77.5 Å². The standard InChI is InChI=1S/C20H17F4N5O/c21-14-5-3-13(4-6-14)16-8-17(20(22,23)24)29-18(28-16)15(11-27-29)19(30)26-10-12-2-1-7-25-9-12/h1-7,9,11,16-17,28H,8,10H2,(H,26,30). The number of benzene rings is 1. The fraction of sp³-hybridized carbons (Fsp3) is 0.250. The number of alkyl halides is 3. The van der Waals surface area contributed by atoms with Crippen molar-refractivity contribution >= 4 is 11.7 Å². The Balaban J connectivity index is 1.62. The number of carbonyl (C=O) groups excluding carboxylic acids is 1. The van der Waals surface area contributed by atoms with Crippen molar-refractivity contribution in [2.45, 2.75) is 31.2 Å². The van der Waals surface area contributed by atoms with Gasteiger partial charge in [0.1, 0.15) is 17.2 Å². The zero-order chi connectivity index (χ0) is 21.3. The zero-order valence-corrected chi connectivity index (χ0v) is 15.5. The van der Waals surface area contributed by atoms with Gasteiger partial charge in [-0.2, -0.15) is 18.3 Å². The van der Waals surface area contributed by atoms with Crippen LogP contribution in [0.15, 0.2) is 55.0 Å². The molecule has 0 fully saturated rings. The van der Waals surface area contributed by atoms with Gasteiger partial charge in [0.2, 0.25) is 0 Å². The summed E-state index contributed by atoms with van der Waals surface area (Å²) >= 11 is 0. The van der Waals surface area contributed by atoms with E-state index < -0.39 is 30.0 Å². The molecule has 1 aliphatic heterocycles. The van der Waals surface area contributed by atoms with Gasteiger partial charge in [0.05, 0.1) is 12.2 Å². The Kier molecular flexibility index (Phi) is 5.15. The van der Waals surface area contributed by atoms with Crippen LogP contribution in [0.5, 0.6) is 0 Å². The highest BCUT2D eigenvalue weighted by Crippen LogP contribution is 2.44. The van der Waals surface area contributed by atoms with Crippen LogP contribution >= 0.6 is 0 Å². The van der Waals surface area contributed by atoms with E-state index in [1.807, 2.05) is 0 Å². The Morgan fingerprint density at radius 3 is 2.63 bits per heavy atom. The number of amides is 1. The minimum absolute atomic E-state index is 0.0000445. The molecule has 4 rings (SSSR count). The lowest BCUT2D eigenvalue weighted by Crippen LogP contribution is -2.36. The number of hydrogen-bond donors (Lipinski definition) is 2. The fourth-order valence-electron chi connectivity index (χ4n) is 3.42. The Morgan fingerprint density at radius 1 is 1.20 bits per heavy atom. The molecular formula is C20H17F4N5O. The summed E-state index contributed by atoms with van der Waals surface area (Å²) in [6, 6.07) is 6.04. The van der Waals surface area contributed by atoms with Crippen LogP contribution in [0, 0.1) is 5.82 Å². The van der Waals surface area contributed by atoms with Crippen LogP contribution < -0.4 is 10.6 Å². The van der Waals surface area contributed by atoms with Gasteiger partial charge >= 0.3 is 6.18 Å². The summed E-state index contributed by atoms with van der Waals surface area (Å²) in [6.07, 6.45) is -0.607. The molecule has 0 radical (unpaired) electrons. The first-order chi connectivity index (χ1) is 14.3. The van der Waals surface area contributed by atoms with E-state index in [1.165, 1.54) is 24.3 Å². The fourth-order valence-corrected chi connectivity index (χ4v) is 3.42. The van der Waals surface area contributed by atoms with Crippen LogP contribution in [0.25, 0.3) is 0 Å². The lowest BCUT2D eigenvalue weighted by Gasteiger charge is -2.34. The van der Waals surface area contributed by atoms with E-state index in [-0.39, 0.29) is 24.3 Å². The summed E-state index contributed by atoms with van der Waals surface area (Å²) in [5.74, 6) is -1.07. The molecule has 6 nitrogen and oxygen atoms in total. The molecule has 2 unspecified atom stereocenters. The molecule has 3 aromatic rings. The topological polar surface area (TPSA) is 71.8 Å². The Labute approximate surface area is 168 Å². The van der Waals surface area contributed by atoms with Crippen LogP contribution in [0.1, 0.15) is 40.0 Å². The molecule has 30 heavy (non-hydrogen) atoms. The van der Waals surface area contributed by atoms with Crippen LogP contribution in [-0.4, -0.2) is 26.8 Å². The second-order valence-corrected chi connectivity index (χ2v) is 6.94. The molecule has 2 atom stereocenters. The highest BCUT2D eigenvalue weighted by molar-refractivity contribution is 5.98. The van der Waals surface area contributed by atoms with Gasteiger partial charge in [-0.3, -0.25) is 9.78 Å². The van der Waals surface area contributed by atoms with Gasteiger partial charge in [0, 0.05) is 25.4 Å². The van der Waals surface area contributed by atoms with Crippen molar-refractivity contribution in [2.24, 2.45) is 0 Å². The van der Waals surface area contributed by atoms with E-state index in [2.05, 4.69) is 20.7 Å². The van der Waals surface area contributed by atoms with E-state index >= 15 is 0 Å². The molecule has 0 saturated heterocycles. The van der Waals surface area contributed by atoms with Crippen molar-refractivity contribution < 1.29 is 22.4 Å². The first kappa shape index (κ1) is 19.9. The Bertz CT molecular complexity index is 1030. The molecule has 2 N–H and O–H groups in total. The van der Waals surface area contributed by atoms with E-state index in [0.717, 1.165) is 16.4 Å². The molecule has 10 heteroatoms. The van der Waals surface area contributed by atoms with Gasteiger partial charge in [-0.15, -0.1) is 0 Å². The summed E-state index contributed by atoms with van der Waals surface area (Å²) in [5, 5.41) is 9.46. The van der Waals surface area contributed by atoms with Crippen molar-refractivity contribution in [2.75, 3.05) is 5.32 Å². The zero-order valence-electron chi connectivity index (χ0n) is 15.5. The molecule has 0 saturated carbocycles. The van der Waals surface area contributed by atoms with E-state index in [9.17, 15) is 22.4 Å². The number of aromatic nitrogens is 3. The van der Waals surface area contributed by atoms with Crippen molar-refractivity contribution in [3.8, 4) is 0 Å². The molecule has 1 aromatic carbocycles. The van der Waals surface area contributed by atoms with Crippen molar-refractivity contribution in [1.82, 2.24) is 20.1 Å². The van der Waals surface area contributed by atoms with Crippen molar-refractivity contribution in [3.63, 3.8) is 0 Å². The number of carbonyl (C=O) groups is 1. The lowest BCUT2D eigenvalue weighted by atomic mass is 9.96. The third-order valence-corrected chi connectivity index (χ3v) is 4.93. The number of anilines is 1. The summed E-state index contributed by atoms with van der Waals surface area (Å²) in [7, 11) is 0. The molecule has 0 bridgehead atoms. The van der Waals surface area contributed by atoms with Gasteiger partial charge in [-0.1, -0.05) is 18.2 Å². The third kappa shape index (κ3) is 3.98. The quantitative estimate of drug-likeness (QED) is 0.627. The summed E-state index contributed by atoms with van der Waals surface area (Å²) in [4.78, 5) is 16.6. The summed E-state index contributed by atoms with van der Waals surface area (Å²) in [5.41, 5.74) is 1.23. The second-order valence-electron chi connectivity index (χ2n) is 6.94. The number of fused-ring (bicyclic) bond motifs is 1. The smallest absolute Gasteiger partial charge is 0.363 e. The largest absolute Gasteiger partial charge is 0.410 e. The summed E-state index contributed by atoms with van der Waals surface area (Å²) < 4.78 is 55.1. The highest BCUT2D eigenvalue weighted by Gasteiger charge is 2.47. The Morgan fingerprint density at radius 2 is 1.97 bits per heavy atom. The van der Waals surface area contributed by atoms with Crippen LogP contribution in [0.3, 0.4) is 0 Å². The van der Waals surface area contributed by atoms with E-state index in [4.69, 9.17) is 0 Å². The van der Waals surface area contributed by atoms with Crippen LogP contribution in [-0.2, 0) is 6.54 Å². The number of pyridine rings is 1. The molecule has 2 aromatic heterocycles. The minimum atomic E-state index is -4.56. The number of halogens is 4. The van der Waals surface area contributed by atoms with Gasteiger partial charge in [0.25, 0.3) is 5.91 Å². The predicted molar refractivity (Wildman–Crippen MR) is 100 cm³/mol.